The molecule has 3 aromatic rings. The van der Waals surface area contributed by atoms with E-state index >= 15 is 0 Å². The van der Waals surface area contributed by atoms with Gasteiger partial charge in [-0.2, -0.15) is 0 Å². The van der Waals surface area contributed by atoms with Crippen LogP contribution in [0.4, 0.5) is 11.5 Å². The largest absolute Gasteiger partial charge is 0.494 e. The molecular weight excluding hydrogens is 266 g/mol. The first kappa shape index (κ1) is 13.4. The van der Waals surface area contributed by atoms with Crippen molar-refractivity contribution >= 4 is 22.7 Å². The summed E-state index contributed by atoms with van der Waals surface area (Å²) in [5, 5.41) is 0. The van der Waals surface area contributed by atoms with Crippen LogP contribution in [-0.4, -0.2) is 33.1 Å². The number of hydrogen-bond acceptors (Lipinski definition) is 5. The van der Waals surface area contributed by atoms with Crippen molar-refractivity contribution in [2.24, 2.45) is 0 Å². The molecule has 1 N–H and O–H groups in total. The highest BCUT2D eigenvalue weighted by Crippen LogP contribution is 2.28. The Morgan fingerprint density at radius 1 is 1.10 bits per heavy atom. The van der Waals surface area contributed by atoms with Crippen LogP contribution >= 0.6 is 0 Å². The van der Waals surface area contributed by atoms with Crippen molar-refractivity contribution in [3.8, 4) is 5.75 Å². The Morgan fingerprint density at radius 3 is 2.62 bits per heavy atom. The summed E-state index contributed by atoms with van der Waals surface area (Å²) < 4.78 is 5.48. The maximum absolute atomic E-state index is 5.48. The second-order valence-electron chi connectivity index (χ2n) is 4.47. The van der Waals surface area contributed by atoms with Gasteiger partial charge in [-0.25, -0.2) is 15.0 Å². The summed E-state index contributed by atoms with van der Waals surface area (Å²) in [6, 6.07) is 7.98. The smallest absolute Gasteiger partial charge is 0.182 e. The summed E-state index contributed by atoms with van der Waals surface area (Å²) in [6.07, 6.45) is 3.17. The second-order valence-corrected chi connectivity index (χ2v) is 4.47. The van der Waals surface area contributed by atoms with E-state index < -0.39 is 0 Å². The number of rotatable bonds is 5. The monoisotopic (exact) mass is 283 g/mol. The van der Waals surface area contributed by atoms with E-state index in [9.17, 15) is 0 Å². The van der Waals surface area contributed by atoms with E-state index in [1.165, 1.54) is 6.33 Å². The van der Waals surface area contributed by atoms with E-state index in [-0.39, 0.29) is 0 Å². The molecule has 0 radical (unpaired) electrons. The molecule has 0 unspecified atom stereocenters. The standard InChI is InChI=1S/C15H17N5O/c1-3-20(11-5-7-12(8-6-11)21-4-2)15-13-14(17-9-16-13)18-10-19-15/h5-10H,3-4H2,1-2H3,(H,16,17,18,19). The van der Waals surface area contributed by atoms with Gasteiger partial charge in [0.2, 0.25) is 0 Å². The fraction of sp³-hybridized carbons (Fsp3) is 0.267. The van der Waals surface area contributed by atoms with Gasteiger partial charge in [0.05, 0.1) is 12.9 Å². The zero-order valence-electron chi connectivity index (χ0n) is 12.1. The van der Waals surface area contributed by atoms with Gasteiger partial charge in [0.25, 0.3) is 0 Å². The Labute approximate surface area is 122 Å². The highest BCUT2D eigenvalue weighted by molar-refractivity contribution is 5.85. The molecule has 0 aliphatic rings. The first-order valence-electron chi connectivity index (χ1n) is 6.98. The molecular formula is C15H17N5O. The molecule has 0 spiro atoms. The van der Waals surface area contributed by atoms with Gasteiger partial charge in [-0.3, -0.25) is 0 Å². The number of H-pyrrole nitrogens is 1. The van der Waals surface area contributed by atoms with Crippen molar-refractivity contribution in [1.29, 1.82) is 0 Å². The van der Waals surface area contributed by atoms with Crippen LogP contribution in [0.1, 0.15) is 13.8 Å². The number of hydrogen-bond donors (Lipinski definition) is 1. The topological polar surface area (TPSA) is 66.9 Å². The molecule has 6 nitrogen and oxygen atoms in total. The lowest BCUT2D eigenvalue weighted by Crippen LogP contribution is -2.18. The minimum Gasteiger partial charge on any atom is -0.494 e. The number of benzene rings is 1. The van der Waals surface area contributed by atoms with Crippen LogP contribution in [-0.2, 0) is 0 Å². The predicted molar refractivity (Wildman–Crippen MR) is 82.0 cm³/mol. The number of imidazole rings is 1. The molecule has 0 aliphatic carbocycles. The molecule has 21 heavy (non-hydrogen) atoms. The van der Waals surface area contributed by atoms with Crippen LogP contribution in [0, 0.1) is 0 Å². The molecule has 2 aromatic heterocycles. The van der Waals surface area contributed by atoms with Gasteiger partial charge in [-0.15, -0.1) is 0 Å². The molecule has 1 aromatic carbocycles. The number of nitrogens with zero attached hydrogens (tertiary/aromatic N) is 4. The highest BCUT2D eigenvalue weighted by atomic mass is 16.5. The van der Waals surface area contributed by atoms with Gasteiger partial charge in [0, 0.05) is 12.2 Å². The number of nitrogens with one attached hydrogen (secondary N) is 1. The summed E-state index contributed by atoms with van der Waals surface area (Å²) in [5.41, 5.74) is 2.56. The van der Waals surface area contributed by atoms with Crippen molar-refractivity contribution in [3.05, 3.63) is 36.9 Å². The summed E-state index contributed by atoms with van der Waals surface area (Å²) in [6.45, 7) is 5.51. The maximum atomic E-state index is 5.48. The third-order valence-electron chi connectivity index (χ3n) is 3.23. The lowest BCUT2D eigenvalue weighted by atomic mass is 10.2. The number of fused-ring (bicyclic) bond motifs is 1. The van der Waals surface area contributed by atoms with Crippen molar-refractivity contribution in [2.75, 3.05) is 18.1 Å². The average molecular weight is 283 g/mol. The van der Waals surface area contributed by atoms with Crippen molar-refractivity contribution in [3.63, 3.8) is 0 Å². The number of ether oxygens (including phenoxy) is 1. The number of aromatic amines is 1. The molecule has 0 fully saturated rings. The van der Waals surface area contributed by atoms with Gasteiger partial charge in [0.15, 0.2) is 11.5 Å². The summed E-state index contributed by atoms with van der Waals surface area (Å²) in [5.74, 6) is 1.69. The highest BCUT2D eigenvalue weighted by Gasteiger charge is 2.14. The van der Waals surface area contributed by atoms with Gasteiger partial charge in [0.1, 0.15) is 17.6 Å². The van der Waals surface area contributed by atoms with E-state index in [1.807, 2.05) is 31.2 Å². The third-order valence-corrected chi connectivity index (χ3v) is 3.23. The Balaban J connectivity index is 1.99. The molecule has 0 saturated carbocycles. The summed E-state index contributed by atoms with van der Waals surface area (Å²) >= 11 is 0. The summed E-state index contributed by atoms with van der Waals surface area (Å²) in [7, 11) is 0. The maximum Gasteiger partial charge on any atom is 0.182 e. The van der Waals surface area contributed by atoms with E-state index in [0.29, 0.717) is 12.3 Å². The van der Waals surface area contributed by atoms with E-state index in [0.717, 1.165) is 29.3 Å². The molecule has 0 saturated heterocycles. The van der Waals surface area contributed by atoms with Crippen LogP contribution < -0.4 is 9.64 Å². The average Bonchev–Trinajstić information content (AvgIpc) is 2.99. The normalized spacial score (nSPS) is 10.8. The van der Waals surface area contributed by atoms with Crippen molar-refractivity contribution in [2.45, 2.75) is 13.8 Å². The van der Waals surface area contributed by atoms with Gasteiger partial charge < -0.3 is 14.6 Å². The predicted octanol–water partition coefficient (Wildman–Crippen LogP) is 2.91. The molecule has 108 valence electrons. The Kier molecular flexibility index (Phi) is 3.68. The van der Waals surface area contributed by atoms with Gasteiger partial charge in [-0.1, -0.05) is 0 Å². The molecule has 3 rings (SSSR count). The fourth-order valence-corrected chi connectivity index (χ4v) is 2.30. The first-order valence-corrected chi connectivity index (χ1v) is 6.98. The molecule has 0 bridgehead atoms. The van der Waals surface area contributed by atoms with Crippen molar-refractivity contribution in [1.82, 2.24) is 19.9 Å². The lowest BCUT2D eigenvalue weighted by molar-refractivity contribution is 0.340. The van der Waals surface area contributed by atoms with Crippen LogP contribution in [0.3, 0.4) is 0 Å². The Morgan fingerprint density at radius 2 is 1.90 bits per heavy atom. The first-order chi connectivity index (χ1) is 10.3. The molecule has 6 heteroatoms. The fourth-order valence-electron chi connectivity index (χ4n) is 2.30. The van der Waals surface area contributed by atoms with Crippen molar-refractivity contribution < 1.29 is 4.74 Å². The van der Waals surface area contributed by atoms with Gasteiger partial charge in [-0.05, 0) is 38.1 Å². The third kappa shape index (κ3) is 2.52. The Hall–Kier alpha value is -2.63. The molecule has 0 amide bonds. The van der Waals surface area contributed by atoms with Crippen LogP contribution in [0.25, 0.3) is 11.2 Å². The van der Waals surface area contributed by atoms with Crippen LogP contribution in [0.2, 0.25) is 0 Å². The molecule has 0 aliphatic heterocycles. The Bertz CT molecular complexity index is 722. The second kappa shape index (κ2) is 5.78. The van der Waals surface area contributed by atoms with Gasteiger partial charge >= 0.3 is 0 Å². The zero-order chi connectivity index (χ0) is 14.7. The number of anilines is 2. The SMILES string of the molecule is CCOc1ccc(N(CC)c2ncnc3nc[nH]c23)cc1. The van der Waals surface area contributed by atoms with E-state index in [1.54, 1.807) is 6.33 Å². The van der Waals surface area contributed by atoms with E-state index in [2.05, 4.69) is 31.8 Å². The van der Waals surface area contributed by atoms with E-state index in [4.69, 9.17) is 4.74 Å². The van der Waals surface area contributed by atoms with Crippen LogP contribution in [0.15, 0.2) is 36.9 Å². The minimum absolute atomic E-state index is 0.664. The molecule has 0 atom stereocenters. The van der Waals surface area contributed by atoms with Crippen LogP contribution in [0.5, 0.6) is 5.75 Å². The summed E-state index contributed by atoms with van der Waals surface area (Å²) in [4.78, 5) is 17.9. The quantitative estimate of drug-likeness (QED) is 0.779. The zero-order valence-corrected chi connectivity index (χ0v) is 12.1. The molecule has 2 heterocycles. The minimum atomic E-state index is 0.664. The lowest BCUT2D eigenvalue weighted by Gasteiger charge is -2.22. The number of aromatic nitrogens is 4.